The number of fused-ring (bicyclic) bond motifs is 1. The highest BCUT2D eigenvalue weighted by molar-refractivity contribution is 5.94. The minimum Gasteiger partial charge on any atom is -0.508 e. The maximum absolute atomic E-state index is 12.7. The third kappa shape index (κ3) is 5.43. The van der Waals surface area contributed by atoms with Gasteiger partial charge in [0.15, 0.2) is 0 Å². The van der Waals surface area contributed by atoms with Gasteiger partial charge in [-0.15, -0.1) is 0 Å². The number of hydrogen-bond donors (Lipinski definition) is 2. The van der Waals surface area contributed by atoms with Crippen molar-refractivity contribution < 1.29 is 37.7 Å². The number of halogens is 3. The summed E-state index contributed by atoms with van der Waals surface area (Å²) in [6, 6.07) is 10.5. The lowest BCUT2D eigenvalue weighted by molar-refractivity contribution is -0.192. The normalized spacial score (nSPS) is 20.5. The quantitative estimate of drug-likeness (QED) is 0.739. The summed E-state index contributed by atoms with van der Waals surface area (Å²) in [5, 5.41) is 16.5. The van der Waals surface area contributed by atoms with Gasteiger partial charge < -0.3 is 24.7 Å². The zero-order chi connectivity index (χ0) is 22.6. The number of carboxylic acid groups (broad SMARTS) is 1. The van der Waals surface area contributed by atoms with Crippen molar-refractivity contribution in [1.29, 1.82) is 0 Å². The van der Waals surface area contributed by atoms with Gasteiger partial charge in [-0.2, -0.15) is 13.2 Å². The van der Waals surface area contributed by atoms with Gasteiger partial charge in [-0.25, -0.2) is 4.79 Å². The average Bonchev–Trinajstić information content (AvgIpc) is 3.18. The van der Waals surface area contributed by atoms with Crippen LogP contribution in [0.4, 0.5) is 18.9 Å². The molecule has 0 aliphatic carbocycles. The molecule has 2 aliphatic rings. The van der Waals surface area contributed by atoms with Crippen molar-refractivity contribution in [3.05, 3.63) is 54.4 Å². The molecule has 4 rings (SSSR count). The van der Waals surface area contributed by atoms with E-state index in [1.165, 1.54) is 12.1 Å². The molecule has 11 heteroatoms. The fourth-order valence-corrected chi connectivity index (χ4v) is 3.48. The Labute approximate surface area is 175 Å². The lowest BCUT2D eigenvalue weighted by Crippen LogP contribution is -2.51. The zero-order valence-electron chi connectivity index (χ0n) is 16.2. The molecule has 31 heavy (non-hydrogen) atoms. The molecule has 1 aromatic heterocycles. The maximum atomic E-state index is 12.7. The Morgan fingerprint density at radius 3 is 2.39 bits per heavy atom. The predicted octanol–water partition coefficient (Wildman–Crippen LogP) is 2.15. The van der Waals surface area contributed by atoms with Crippen molar-refractivity contribution in [2.75, 3.05) is 31.1 Å². The lowest BCUT2D eigenvalue weighted by Gasteiger charge is -2.38. The number of aromatic nitrogens is 1. The molecule has 3 heterocycles. The van der Waals surface area contributed by atoms with Crippen molar-refractivity contribution >= 4 is 17.6 Å². The highest BCUT2D eigenvalue weighted by Gasteiger charge is 2.42. The van der Waals surface area contributed by atoms with Gasteiger partial charge in [0.1, 0.15) is 5.75 Å². The molecule has 2 atom stereocenters. The van der Waals surface area contributed by atoms with Crippen LogP contribution in [0.25, 0.3) is 0 Å². The van der Waals surface area contributed by atoms with Crippen LogP contribution in [0.15, 0.2) is 48.8 Å². The average molecular weight is 439 g/mol. The van der Waals surface area contributed by atoms with Gasteiger partial charge in [0.2, 0.25) is 0 Å². The first-order valence-electron chi connectivity index (χ1n) is 9.33. The Bertz CT molecular complexity index is 909. The number of carbonyl (C=O) groups excluding carboxylic acids is 1. The van der Waals surface area contributed by atoms with Crippen molar-refractivity contribution in [3.8, 4) is 5.75 Å². The fraction of sp³-hybridized carbons (Fsp3) is 0.350. The number of morpholine rings is 1. The van der Waals surface area contributed by atoms with E-state index in [0.29, 0.717) is 25.3 Å². The van der Waals surface area contributed by atoms with Gasteiger partial charge in [-0.05, 0) is 36.4 Å². The summed E-state index contributed by atoms with van der Waals surface area (Å²) in [7, 11) is 0. The van der Waals surface area contributed by atoms with Crippen LogP contribution in [0.5, 0.6) is 5.75 Å². The number of benzene rings is 1. The van der Waals surface area contributed by atoms with Crippen LogP contribution in [0.3, 0.4) is 0 Å². The van der Waals surface area contributed by atoms with E-state index in [1.54, 1.807) is 18.3 Å². The second-order valence-electron chi connectivity index (χ2n) is 6.94. The van der Waals surface area contributed by atoms with E-state index in [-0.39, 0.29) is 23.8 Å². The highest BCUT2D eigenvalue weighted by atomic mass is 19.4. The number of aromatic hydroxyl groups is 1. The first-order chi connectivity index (χ1) is 14.7. The minimum absolute atomic E-state index is 0.0139. The van der Waals surface area contributed by atoms with E-state index in [4.69, 9.17) is 14.6 Å². The summed E-state index contributed by atoms with van der Waals surface area (Å²) < 4.78 is 37.6. The highest BCUT2D eigenvalue weighted by Crippen LogP contribution is 2.28. The number of amides is 1. The number of phenols is 1. The predicted molar refractivity (Wildman–Crippen MR) is 103 cm³/mol. The minimum atomic E-state index is -5.08. The number of alkyl halides is 3. The Morgan fingerprint density at radius 1 is 1.13 bits per heavy atom. The second-order valence-corrected chi connectivity index (χ2v) is 6.94. The summed E-state index contributed by atoms with van der Waals surface area (Å²) in [6.07, 6.45) is -1.45. The van der Waals surface area contributed by atoms with Crippen molar-refractivity contribution in [2.45, 2.75) is 18.3 Å². The summed E-state index contributed by atoms with van der Waals surface area (Å²) in [6.45, 7) is 2.66. The number of pyridine rings is 1. The van der Waals surface area contributed by atoms with Gasteiger partial charge in [0.05, 0.1) is 30.6 Å². The smallest absolute Gasteiger partial charge is 0.490 e. The van der Waals surface area contributed by atoms with E-state index in [9.17, 15) is 23.1 Å². The van der Waals surface area contributed by atoms with Crippen LogP contribution in [-0.2, 0) is 9.53 Å². The van der Waals surface area contributed by atoms with Crippen LogP contribution < -0.4 is 4.90 Å². The van der Waals surface area contributed by atoms with E-state index in [2.05, 4.69) is 9.88 Å². The Balaban J connectivity index is 0.000000339. The number of carboxylic acids is 1. The summed E-state index contributed by atoms with van der Waals surface area (Å²) >= 11 is 0. The van der Waals surface area contributed by atoms with Crippen LogP contribution in [0.1, 0.15) is 10.4 Å². The first kappa shape index (κ1) is 22.3. The lowest BCUT2D eigenvalue weighted by atomic mass is 10.1. The summed E-state index contributed by atoms with van der Waals surface area (Å²) in [5.74, 6) is -2.63. The number of ether oxygens (including phenoxy) is 1. The number of nitrogens with zero attached hydrogens (tertiary/aromatic N) is 3. The second kappa shape index (κ2) is 9.21. The van der Waals surface area contributed by atoms with E-state index >= 15 is 0 Å². The maximum Gasteiger partial charge on any atom is 0.490 e. The number of phenolic OH excluding ortho intramolecular Hbond substituents is 1. The molecule has 1 amide bonds. The molecule has 166 valence electrons. The van der Waals surface area contributed by atoms with E-state index in [0.717, 1.165) is 12.2 Å². The molecular formula is C20H20F3N3O5. The molecule has 2 N–H and O–H groups in total. The molecule has 2 saturated heterocycles. The van der Waals surface area contributed by atoms with Crippen molar-refractivity contribution in [2.24, 2.45) is 0 Å². The van der Waals surface area contributed by atoms with Crippen molar-refractivity contribution in [3.63, 3.8) is 0 Å². The fourth-order valence-electron chi connectivity index (χ4n) is 3.48. The van der Waals surface area contributed by atoms with Crippen molar-refractivity contribution in [1.82, 2.24) is 9.88 Å². The monoisotopic (exact) mass is 439 g/mol. The number of aliphatic carboxylic acids is 1. The molecule has 2 aromatic rings. The SMILES string of the molecule is O=C(O)C(F)(F)F.O=C(c1ccc(O)cc1)N1C[C@@H]2OCCN(c3cccnc3)[C@@H]2C1. The Hall–Kier alpha value is -3.34. The van der Waals surface area contributed by atoms with E-state index < -0.39 is 12.1 Å². The molecule has 8 nitrogen and oxygen atoms in total. The number of rotatable bonds is 2. The number of likely N-dealkylation sites (tertiary alicyclic amines) is 1. The van der Waals surface area contributed by atoms with Gasteiger partial charge in [0.25, 0.3) is 5.91 Å². The van der Waals surface area contributed by atoms with Crippen LogP contribution in [0, 0.1) is 0 Å². The number of carbonyl (C=O) groups is 2. The van der Waals surface area contributed by atoms with E-state index in [1.807, 2.05) is 23.2 Å². The molecule has 2 fully saturated rings. The number of anilines is 1. The molecule has 0 unspecified atom stereocenters. The largest absolute Gasteiger partial charge is 0.508 e. The molecular weight excluding hydrogens is 419 g/mol. The number of hydrogen-bond acceptors (Lipinski definition) is 6. The molecule has 0 spiro atoms. The molecule has 0 saturated carbocycles. The molecule has 0 radical (unpaired) electrons. The third-order valence-corrected chi connectivity index (χ3v) is 4.92. The standard InChI is InChI=1S/C18H19N3O3.C2HF3O2/c22-15-5-3-13(4-6-15)18(23)20-11-16-17(12-20)24-9-8-21(16)14-2-1-7-19-10-14;3-2(4,5)1(6)7/h1-7,10,16-17,22H,8-9,11-12H2;(H,6,7)/t16-,17+;/m1./s1. The van der Waals surface area contributed by atoms with Gasteiger partial charge in [-0.3, -0.25) is 9.78 Å². The van der Waals surface area contributed by atoms with Crippen LogP contribution in [0.2, 0.25) is 0 Å². The van der Waals surface area contributed by atoms with Gasteiger partial charge >= 0.3 is 12.1 Å². The summed E-state index contributed by atoms with van der Waals surface area (Å²) in [5.41, 5.74) is 1.65. The molecule has 2 aliphatic heterocycles. The third-order valence-electron chi connectivity index (χ3n) is 4.92. The van der Waals surface area contributed by atoms with Gasteiger partial charge in [-0.1, -0.05) is 0 Å². The van der Waals surface area contributed by atoms with Crippen LogP contribution >= 0.6 is 0 Å². The first-order valence-corrected chi connectivity index (χ1v) is 9.33. The Kier molecular flexibility index (Phi) is 6.64. The zero-order valence-corrected chi connectivity index (χ0v) is 16.2. The molecule has 1 aromatic carbocycles. The Morgan fingerprint density at radius 2 is 1.81 bits per heavy atom. The summed E-state index contributed by atoms with van der Waals surface area (Å²) in [4.78, 5) is 29.9. The topological polar surface area (TPSA) is 103 Å². The van der Waals surface area contributed by atoms with Crippen LogP contribution in [-0.4, -0.2) is 76.5 Å². The van der Waals surface area contributed by atoms with Gasteiger partial charge in [0, 0.05) is 31.4 Å². The molecule has 0 bridgehead atoms.